The van der Waals surface area contributed by atoms with Gasteiger partial charge in [0.2, 0.25) is 5.91 Å². The number of hydrogen-bond acceptors (Lipinski definition) is 3. The zero-order valence-electron chi connectivity index (χ0n) is 20.2. The molecular formula is C26H34Cl2N2O3. The van der Waals surface area contributed by atoms with E-state index < -0.39 is 11.6 Å². The molecule has 180 valence electrons. The van der Waals surface area contributed by atoms with E-state index in [-0.39, 0.29) is 30.9 Å². The van der Waals surface area contributed by atoms with Gasteiger partial charge in [-0.15, -0.1) is 0 Å². The van der Waals surface area contributed by atoms with Crippen LogP contribution in [0.15, 0.2) is 42.5 Å². The van der Waals surface area contributed by atoms with Crippen LogP contribution in [-0.4, -0.2) is 34.9 Å². The fourth-order valence-corrected chi connectivity index (χ4v) is 4.05. The third-order valence-corrected chi connectivity index (χ3v) is 5.87. The van der Waals surface area contributed by atoms with E-state index in [9.17, 15) is 9.59 Å². The molecule has 0 bridgehead atoms. The van der Waals surface area contributed by atoms with Crippen LogP contribution in [0.25, 0.3) is 0 Å². The third kappa shape index (κ3) is 7.65. The molecule has 0 saturated heterocycles. The van der Waals surface area contributed by atoms with Crippen molar-refractivity contribution in [2.75, 3.05) is 6.61 Å². The Morgan fingerprint density at radius 3 is 2.18 bits per heavy atom. The molecule has 0 saturated carbocycles. The number of carbonyl (C=O) groups excluding carboxylic acids is 2. The summed E-state index contributed by atoms with van der Waals surface area (Å²) in [5, 5.41) is 3.86. The van der Waals surface area contributed by atoms with Crippen molar-refractivity contribution in [3.05, 3.63) is 63.6 Å². The Hall–Kier alpha value is -2.24. The lowest BCUT2D eigenvalue weighted by atomic mass is 10.0. The van der Waals surface area contributed by atoms with Crippen molar-refractivity contribution in [1.82, 2.24) is 10.2 Å². The Labute approximate surface area is 207 Å². The van der Waals surface area contributed by atoms with Crippen LogP contribution in [0, 0.1) is 0 Å². The quantitative estimate of drug-likeness (QED) is 0.451. The summed E-state index contributed by atoms with van der Waals surface area (Å²) in [5.41, 5.74) is 1.18. The molecule has 0 unspecified atom stereocenters. The molecule has 5 nitrogen and oxygen atoms in total. The molecule has 0 aliphatic heterocycles. The van der Waals surface area contributed by atoms with Crippen LogP contribution in [0.5, 0.6) is 5.75 Å². The van der Waals surface area contributed by atoms with Gasteiger partial charge in [0.05, 0.1) is 0 Å². The topological polar surface area (TPSA) is 58.6 Å². The lowest BCUT2D eigenvalue weighted by Crippen LogP contribution is -2.54. The SMILES string of the molecule is CC[C@H](C(=O)NC(C)(C)C)N(Cc1c(Cl)cccc1Cl)C(=O)COc1ccccc1C(C)C. The lowest BCUT2D eigenvalue weighted by Gasteiger charge is -2.33. The molecule has 7 heteroatoms. The number of nitrogens with one attached hydrogen (secondary N) is 1. The number of ether oxygens (including phenoxy) is 1. The molecule has 0 aromatic heterocycles. The largest absolute Gasteiger partial charge is 0.483 e. The number of carbonyl (C=O) groups is 2. The fourth-order valence-electron chi connectivity index (χ4n) is 3.54. The number of nitrogens with zero attached hydrogens (tertiary/aromatic N) is 1. The molecular weight excluding hydrogens is 459 g/mol. The van der Waals surface area contributed by atoms with E-state index in [0.29, 0.717) is 27.8 Å². The molecule has 0 heterocycles. The van der Waals surface area contributed by atoms with Crippen LogP contribution in [0.4, 0.5) is 0 Å². The second-order valence-corrected chi connectivity index (χ2v) is 10.2. The Kier molecular flexibility index (Phi) is 9.62. The monoisotopic (exact) mass is 492 g/mol. The van der Waals surface area contributed by atoms with E-state index in [0.717, 1.165) is 5.56 Å². The van der Waals surface area contributed by atoms with Gasteiger partial charge in [-0.3, -0.25) is 9.59 Å². The van der Waals surface area contributed by atoms with E-state index in [4.69, 9.17) is 27.9 Å². The highest BCUT2D eigenvalue weighted by atomic mass is 35.5. The van der Waals surface area contributed by atoms with Crippen LogP contribution in [0.2, 0.25) is 10.0 Å². The molecule has 0 spiro atoms. The van der Waals surface area contributed by atoms with Gasteiger partial charge < -0.3 is 15.0 Å². The van der Waals surface area contributed by atoms with E-state index in [2.05, 4.69) is 19.2 Å². The van der Waals surface area contributed by atoms with E-state index in [1.807, 2.05) is 52.0 Å². The van der Waals surface area contributed by atoms with Gasteiger partial charge in [0.1, 0.15) is 11.8 Å². The number of para-hydroxylation sites is 1. The van der Waals surface area contributed by atoms with Crippen molar-refractivity contribution < 1.29 is 14.3 Å². The molecule has 0 aliphatic rings. The van der Waals surface area contributed by atoms with Gasteiger partial charge >= 0.3 is 0 Å². The van der Waals surface area contributed by atoms with Crippen LogP contribution >= 0.6 is 23.2 Å². The molecule has 33 heavy (non-hydrogen) atoms. The summed E-state index contributed by atoms with van der Waals surface area (Å²) in [4.78, 5) is 28.0. The van der Waals surface area contributed by atoms with Crippen molar-refractivity contribution in [1.29, 1.82) is 0 Å². The van der Waals surface area contributed by atoms with Gasteiger partial charge in [0.15, 0.2) is 6.61 Å². The number of hydrogen-bond donors (Lipinski definition) is 1. The van der Waals surface area contributed by atoms with Gasteiger partial charge in [-0.25, -0.2) is 0 Å². The highest BCUT2D eigenvalue weighted by Gasteiger charge is 2.31. The zero-order chi connectivity index (χ0) is 24.8. The van der Waals surface area contributed by atoms with Crippen LogP contribution in [-0.2, 0) is 16.1 Å². The molecule has 2 rings (SSSR count). The van der Waals surface area contributed by atoms with E-state index in [1.165, 1.54) is 4.90 Å². The summed E-state index contributed by atoms with van der Waals surface area (Å²) in [6.07, 6.45) is 0.429. The average molecular weight is 493 g/mol. The summed E-state index contributed by atoms with van der Waals surface area (Å²) in [6.45, 7) is 11.6. The summed E-state index contributed by atoms with van der Waals surface area (Å²) in [6, 6.07) is 12.1. The molecule has 2 aromatic rings. The second-order valence-electron chi connectivity index (χ2n) is 9.37. The van der Waals surface area contributed by atoms with Crippen LogP contribution < -0.4 is 10.1 Å². The molecule has 0 radical (unpaired) electrons. The van der Waals surface area contributed by atoms with Crippen LogP contribution in [0.3, 0.4) is 0 Å². The fraction of sp³-hybridized carbons (Fsp3) is 0.462. The summed E-state index contributed by atoms with van der Waals surface area (Å²) >= 11 is 12.8. The maximum absolute atomic E-state index is 13.4. The molecule has 0 fully saturated rings. The number of amides is 2. The maximum Gasteiger partial charge on any atom is 0.261 e. The second kappa shape index (κ2) is 11.8. The first-order valence-electron chi connectivity index (χ1n) is 11.2. The van der Waals surface area contributed by atoms with Gasteiger partial charge in [0.25, 0.3) is 5.91 Å². The molecule has 2 aromatic carbocycles. The van der Waals surface area contributed by atoms with E-state index >= 15 is 0 Å². The number of rotatable bonds is 9. The maximum atomic E-state index is 13.4. The summed E-state index contributed by atoms with van der Waals surface area (Å²) in [7, 11) is 0. The minimum atomic E-state index is -0.701. The van der Waals surface area contributed by atoms with Gasteiger partial charge in [-0.1, -0.05) is 68.2 Å². The van der Waals surface area contributed by atoms with Crippen molar-refractivity contribution in [3.63, 3.8) is 0 Å². The predicted octanol–water partition coefficient (Wildman–Crippen LogP) is 6.22. The minimum absolute atomic E-state index is 0.0998. The summed E-state index contributed by atoms with van der Waals surface area (Å²) in [5.74, 6) is 0.351. The lowest BCUT2D eigenvalue weighted by molar-refractivity contribution is -0.143. The van der Waals surface area contributed by atoms with Crippen molar-refractivity contribution in [2.24, 2.45) is 0 Å². The Morgan fingerprint density at radius 2 is 1.64 bits per heavy atom. The van der Waals surface area contributed by atoms with Gasteiger partial charge in [-0.2, -0.15) is 0 Å². The standard InChI is InChI=1S/C26H34Cl2N2O3/c1-7-22(25(32)29-26(4,5)6)30(15-19-20(27)12-10-13-21(19)28)24(31)16-33-23-14-9-8-11-18(23)17(2)3/h8-14,17,22H,7,15-16H2,1-6H3,(H,29,32)/t22-/m1/s1. The minimum Gasteiger partial charge on any atom is -0.483 e. The third-order valence-electron chi connectivity index (χ3n) is 5.17. The predicted molar refractivity (Wildman–Crippen MR) is 135 cm³/mol. The first-order valence-corrected chi connectivity index (χ1v) is 12.0. The van der Waals surface area contributed by atoms with Crippen molar-refractivity contribution in [2.45, 2.75) is 72.0 Å². The molecule has 2 amide bonds. The normalized spacial score (nSPS) is 12.4. The highest BCUT2D eigenvalue weighted by Crippen LogP contribution is 2.28. The van der Waals surface area contributed by atoms with E-state index in [1.54, 1.807) is 18.2 Å². The number of benzene rings is 2. The Balaban J connectivity index is 2.35. The Bertz CT molecular complexity index is 950. The van der Waals surface area contributed by atoms with Crippen molar-refractivity contribution in [3.8, 4) is 5.75 Å². The van der Waals surface area contributed by atoms with Crippen molar-refractivity contribution >= 4 is 35.0 Å². The molecule has 1 N–H and O–H groups in total. The first-order chi connectivity index (χ1) is 15.4. The zero-order valence-corrected chi connectivity index (χ0v) is 21.8. The van der Waals surface area contributed by atoms with Gasteiger partial charge in [-0.05, 0) is 56.9 Å². The highest BCUT2D eigenvalue weighted by molar-refractivity contribution is 6.36. The smallest absolute Gasteiger partial charge is 0.261 e. The summed E-state index contributed by atoms with van der Waals surface area (Å²) < 4.78 is 5.93. The molecule has 1 atom stereocenters. The number of halogens is 2. The Morgan fingerprint density at radius 1 is 1.03 bits per heavy atom. The average Bonchev–Trinajstić information content (AvgIpc) is 2.72. The molecule has 0 aliphatic carbocycles. The van der Waals surface area contributed by atoms with Crippen LogP contribution in [0.1, 0.15) is 65.0 Å². The van der Waals surface area contributed by atoms with Gasteiger partial charge in [0, 0.05) is 27.7 Å². The first kappa shape index (κ1) is 27.0.